The number of rotatable bonds is 3. The molecule has 11 heteroatoms. The molecule has 4 rings (SSSR count). The van der Waals surface area contributed by atoms with Crippen LogP contribution in [0, 0.1) is 5.82 Å². The van der Waals surface area contributed by atoms with E-state index in [2.05, 4.69) is 10.1 Å². The highest BCUT2D eigenvalue weighted by Crippen LogP contribution is 2.52. The summed E-state index contributed by atoms with van der Waals surface area (Å²) < 4.78 is 97.1. The molecular weight excluding hydrogens is 459 g/mol. The monoisotopic (exact) mass is 471 g/mol. The first-order valence-corrected chi connectivity index (χ1v) is 9.21. The quantitative estimate of drug-likeness (QED) is 0.480. The van der Waals surface area contributed by atoms with Crippen LogP contribution in [0.15, 0.2) is 60.7 Å². The summed E-state index contributed by atoms with van der Waals surface area (Å²) in [5, 5.41) is 11.7. The Morgan fingerprint density at radius 2 is 1.55 bits per heavy atom. The lowest BCUT2D eigenvalue weighted by molar-refractivity contribution is -0.274. The lowest BCUT2D eigenvalue weighted by atomic mass is 9.69. The average molecular weight is 471 g/mol. The van der Waals surface area contributed by atoms with E-state index < -0.39 is 58.0 Å². The third kappa shape index (κ3) is 3.73. The van der Waals surface area contributed by atoms with Gasteiger partial charge in [0, 0.05) is 17.2 Å². The number of aromatic hydroxyl groups is 1. The summed E-state index contributed by atoms with van der Waals surface area (Å²) in [5.74, 6) is -3.30. The van der Waals surface area contributed by atoms with Crippen LogP contribution in [-0.2, 0) is 16.4 Å². The number of phenols is 1. The topological polar surface area (TPSA) is 58.6 Å². The standard InChI is InChI=1S/C22H12F7NO3/c23-17-10-12(31)6-9-14(17)20(11-4-7-13(8-5-11)33-22(27,28)29)15-2-1-3-16(21(24,25)26)18(15)30-19(20)32/h1-10,31H,(H,30,32). The maximum absolute atomic E-state index is 15.0. The third-order valence-corrected chi connectivity index (χ3v) is 5.23. The molecule has 0 bridgehead atoms. The third-order valence-electron chi connectivity index (χ3n) is 5.23. The normalized spacial score (nSPS) is 18.1. The van der Waals surface area contributed by atoms with Gasteiger partial charge >= 0.3 is 12.5 Å². The van der Waals surface area contributed by atoms with Crippen LogP contribution in [0.5, 0.6) is 11.5 Å². The summed E-state index contributed by atoms with van der Waals surface area (Å²) in [4.78, 5) is 13.3. The fourth-order valence-corrected chi connectivity index (χ4v) is 3.99. The second-order valence-electron chi connectivity index (χ2n) is 7.17. The molecule has 0 aromatic heterocycles. The maximum atomic E-state index is 15.0. The van der Waals surface area contributed by atoms with Crippen LogP contribution in [0.2, 0.25) is 0 Å². The molecule has 0 saturated carbocycles. The minimum atomic E-state index is -5.00. The van der Waals surface area contributed by atoms with E-state index in [-0.39, 0.29) is 11.1 Å². The number of benzene rings is 3. The molecule has 0 radical (unpaired) electrons. The summed E-state index contributed by atoms with van der Waals surface area (Å²) in [6, 6.07) is 9.50. The number of hydrogen-bond donors (Lipinski definition) is 2. The van der Waals surface area contributed by atoms with E-state index in [4.69, 9.17) is 0 Å². The van der Waals surface area contributed by atoms with Gasteiger partial charge in [0.15, 0.2) is 0 Å². The van der Waals surface area contributed by atoms with Crippen molar-refractivity contribution in [1.82, 2.24) is 0 Å². The van der Waals surface area contributed by atoms with E-state index in [1.165, 1.54) is 6.07 Å². The van der Waals surface area contributed by atoms with Gasteiger partial charge in [-0.3, -0.25) is 4.79 Å². The Hall–Kier alpha value is -3.76. The van der Waals surface area contributed by atoms with E-state index in [9.17, 15) is 36.2 Å². The highest BCUT2D eigenvalue weighted by molar-refractivity contribution is 6.12. The van der Waals surface area contributed by atoms with Crippen LogP contribution in [0.25, 0.3) is 0 Å². The molecule has 4 nitrogen and oxygen atoms in total. The molecule has 1 atom stereocenters. The van der Waals surface area contributed by atoms with Gasteiger partial charge in [-0.1, -0.05) is 30.3 Å². The molecule has 1 amide bonds. The first kappa shape index (κ1) is 22.4. The fourth-order valence-electron chi connectivity index (χ4n) is 3.99. The second-order valence-corrected chi connectivity index (χ2v) is 7.17. The van der Waals surface area contributed by atoms with Crippen molar-refractivity contribution in [2.45, 2.75) is 18.0 Å². The van der Waals surface area contributed by atoms with E-state index in [1.54, 1.807) is 0 Å². The number of nitrogens with one attached hydrogen (secondary N) is 1. The number of carbonyl (C=O) groups is 1. The Kier molecular flexibility index (Phi) is 5.03. The van der Waals surface area contributed by atoms with Crippen molar-refractivity contribution >= 4 is 11.6 Å². The molecule has 172 valence electrons. The Labute approximate surface area is 181 Å². The molecule has 0 fully saturated rings. The summed E-state index contributed by atoms with van der Waals surface area (Å²) in [6.45, 7) is 0. The van der Waals surface area contributed by atoms with Gasteiger partial charge in [0.1, 0.15) is 22.7 Å². The number of para-hydroxylation sites is 1. The van der Waals surface area contributed by atoms with Crippen LogP contribution >= 0.6 is 0 Å². The number of carbonyl (C=O) groups excluding carboxylic acids is 1. The molecule has 0 spiro atoms. The number of ether oxygens (including phenoxy) is 1. The van der Waals surface area contributed by atoms with E-state index in [0.717, 1.165) is 48.5 Å². The average Bonchev–Trinajstić information content (AvgIpc) is 2.99. The van der Waals surface area contributed by atoms with Gasteiger partial charge in [0.05, 0.1) is 11.3 Å². The first-order chi connectivity index (χ1) is 15.3. The highest BCUT2D eigenvalue weighted by atomic mass is 19.4. The lowest BCUT2D eigenvalue weighted by Crippen LogP contribution is -2.37. The van der Waals surface area contributed by atoms with Gasteiger partial charge in [-0.2, -0.15) is 13.2 Å². The Morgan fingerprint density at radius 3 is 2.12 bits per heavy atom. The number of halogens is 7. The number of phenolic OH excluding ortho intramolecular Hbond substituents is 1. The molecule has 0 aliphatic carbocycles. The van der Waals surface area contributed by atoms with Crippen molar-refractivity contribution in [3.63, 3.8) is 0 Å². The van der Waals surface area contributed by atoms with Gasteiger partial charge in [0.2, 0.25) is 5.91 Å². The zero-order valence-corrected chi connectivity index (χ0v) is 16.2. The first-order valence-electron chi connectivity index (χ1n) is 9.21. The van der Waals surface area contributed by atoms with Crippen molar-refractivity contribution in [1.29, 1.82) is 0 Å². The van der Waals surface area contributed by atoms with Crippen LogP contribution in [-0.4, -0.2) is 17.4 Å². The van der Waals surface area contributed by atoms with E-state index in [1.807, 2.05) is 0 Å². The number of alkyl halides is 6. The molecule has 1 heterocycles. The molecule has 1 unspecified atom stereocenters. The molecule has 1 aliphatic heterocycles. The lowest BCUT2D eigenvalue weighted by Gasteiger charge is -2.29. The summed E-state index contributed by atoms with van der Waals surface area (Å²) in [7, 11) is 0. The molecule has 3 aromatic rings. The van der Waals surface area contributed by atoms with Gasteiger partial charge in [-0.15, -0.1) is 13.2 Å². The predicted octanol–water partition coefficient (Wildman–Crippen LogP) is 5.74. The molecule has 2 N–H and O–H groups in total. The molecule has 1 aliphatic rings. The largest absolute Gasteiger partial charge is 0.573 e. The summed E-state index contributed by atoms with van der Waals surface area (Å²) in [6.07, 6.45) is -9.85. The van der Waals surface area contributed by atoms with Gasteiger partial charge < -0.3 is 15.2 Å². The number of amides is 1. The van der Waals surface area contributed by atoms with Gasteiger partial charge in [-0.05, 0) is 29.8 Å². The zero-order chi connectivity index (χ0) is 24.2. The molecule has 3 aromatic carbocycles. The van der Waals surface area contributed by atoms with Crippen molar-refractivity contribution in [2.24, 2.45) is 0 Å². The SMILES string of the molecule is O=C1Nc2c(C(F)(F)F)cccc2C1(c1ccc(OC(F)(F)F)cc1)c1ccc(O)cc1F. The van der Waals surface area contributed by atoms with Crippen molar-refractivity contribution < 1.29 is 45.4 Å². The number of fused-ring (bicyclic) bond motifs is 1. The Bertz CT molecular complexity index is 1240. The predicted molar refractivity (Wildman–Crippen MR) is 101 cm³/mol. The minimum Gasteiger partial charge on any atom is -0.508 e. The highest BCUT2D eigenvalue weighted by Gasteiger charge is 2.53. The van der Waals surface area contributed by atoms with Gasteiger partial charge in [-0.25, -0.2) is 4.39 Å². The van der Waals surface area contributed by atoms with Crippen LogP contribution in [0.3, 0.4) is 0 Å². The Balaban J connectivity index is 2.01. The fraction of sp³-hybridized carbons (Fsp3) is 0.136. The van der Waals surface area contributed by atoms with Crippen molar-refractivity contribution in [2.75, 3.05) is 5.32 Å². The smallest absolute Gasteiger partial charge is 0.508 e. The van der Waals surface area contributed by atoms with Crippen molar-refractivity contribution in [3.05, 3.63) is 88.7 Å². The van der Waals surface area contributed by atoms with Gasteiger partial charge in [0.25, 0.3) is 0 Å². The van der Waals surface area contributed by atoms with Crippen LogP contribution in [0.4, 0.5) is 36.4 Å². The minimum absolute atomic E-state index is 0.114. The van der Waals surface area contributed by atoms with Crippen molar-refractivity contribution in [3.8, 4) is 11.5 Å². The zero-order valence-electron chi connectivity index (χ0n) is 16.2. The maximum Gasteiger partial charge on any atom is 0.573 e. The summed E-state index contributed by atoms with van der Waals surface area (Å²) in [5.41, 5.74) is -4.73. The van der Waals surface area contributed by atoms with E-state index >= 15 is 4.39 Å². The molecule has 33 heavy (non-hydrogen) atoms. The molecular formula is C22H12F7NO3. The summed E-state index contributed by atoms with van der Waals surface area (Å²) >= 11 is 0. The number of anilines is 1. The number of hydrogen-bond acceptors (Lipinski definition) is 3. The second kappa shape index (κ2) is 7.39. The Morgan fingerprint density at radius 1 is 0.879 bits per heavy atom. The molecule has 0 saturated heterocycles. The van der Waals surface area contributed by atoms with Crippen LogP contribution in [0.1, 0.15) is 22.3 Å². The van der Waals surface area contributed by atoms with Crippen LogP contribution < -0.4 is 10.1 Å². The van der Waals surface area contributed by atoms with E-state index in [0.29, 0.717) is 6.07 Å².